The SMILES string of the molecule is CN1C(C(=O)N[C@H](C=O)Cc2ccccc2)=Cc2cc3c(cc2S1(=O)=O)OCCO3. The van der Waals surface area contributed by atoms with Crippen molar-refractivity contribution in [3.63, 3.8) is 0 Å². The van der Waals surface area contributed by atoms with Crippen LogP contribution in [0.1, 0.15) is 11.1 Å². The molecule has 0 saturated heterocycles. The molecule has 1 amide bonds. The summed E-state index contributed by atoms with van der Waals surface area (Å²) in [6.45, 7) is 0.690. The van der Waals surface area contributed by atoms with Gasteiger partial charge in [0.05, 0.1) is 10.9 Å². The summed E-state index contributed by atoms with van der Waals surface area (Å²) >= 11 is 0. The Morgan fingerprint density at radius 3 is 2.50 bits per heavy atom. The van der Waals surface area contributed by atoms with Crippen LogP contribution in [-0.2, 0) is 26.0 Å². The van der Waals surface area contributed by atoms with E-state index < -0.39 is 22.0 Å². The van der Waals surface area contributed by atoms with Crippen molar-refractivity contribution < 1.29 is 27.5 Å². The predicted octanol–water partition coefficient (Wildman–Crippen LogP) is 1.36. The quantitative estimate of drug-likeness (QED) is 0.722. The van der Waals surface area contributed by atoms with Crippen molar-refractivity contribution in [3.05, 3.63) is 59.3 Å². The molecule has 4 rings (SSSR count). The van der Waals surface area contributed by atoms with Crippen LogP contribution in [0.3, 0.4) is 0 Å². The molecule has 30 heavy (non-hydrogen) atoms. The van der Waals surface area contributed by atoms with Gasteiger partial charge in [0.2, 0.25) is 0 Å². The van der Waals surface area contributed by atoms with Gasteiger partial charge in [0.15, 0.2) is 11.5 Å². The van der Waals surface area contributed by atoms with Crippen LogP contribution >= 0.6 is 0 Å². The third-order valence-corrected chi connectivity index (χ3v) is 6.78. The minimum Gasteiger partial charge on any atom is -0.486 e. The van der Waals surface area contributed by atoms with E-state index in [2.05, 4.69) is 5.32 Å². The zero-order chi connectivity index (χ0) is 21.3. The third-order valence-electron chi connectivity index (χ3n) is 4.96. The van der Waals surface area contributed by atoms with E-state index in [9.17, 15) is 18.0 Å². The minimum absolute atomic E-state index is 0.0297. The molecule has 2 heterocycles. The standard InChI is InChI=1S/C21H20N2O6S/c1-23-17(21(25)22-16(13-24)9-14-5-3-2-4-6-14)10-15-11-18-19(29-8-7-28-18)12-20(15)30(23,26)27/h2-6,10-13,16H,7-9H2,1H3,(H,22,25)/t16-/m0/s1. The number of sulfonamides is 1. The highest BCUT2D eigenvalue weighted by molar-refractivity contribution is 7.89. The van der Waals surface area contributed by atoms with Crippen molar-refractivity contribution in [3.8, 4) is 11.5 Å². The molecule has 0 saturated carbocycles. The maximum atomic E-state index is 13.0. The van der Waals surface area contributed by atoms with Crippen molar-refractivity contribution in [1.29, 1.82) is 0 Å². The number of ether oxygens (including phenoxy) is 2. The van der Waals surface area contributed by atoms with E-state index in [0.29, 0.717) is 43.0 Å². The van der Waals surface area contributed by atoms with Crippen LogP contribution in [0.25, 0.3) is 6.08 Å². The number of rotatable bonds is 5. The number of nitrogens with zero attached hydrogens (tertiary/aromatic N) is 1. The highest BCUT2D eigenvalue weighted by Gasteiger charge is 2.35. The molecular formula is C21H20N2O6S. The van der Waals surface area contributed by atoms with Gasteiger partial charge in [-0.3, -0.25) is 9.10 Å². The number of likely N-dealkylation sites (N-methyl/N-ethyl adjacent to an activating group) is 1. The first-order chi connectivity index (χ1) is 14.4. The van der Waals surface area contributed by atoms with Crippen LogP contribution < -0.4 is 14.8 Å². The molecule has 156 valence electrons. The molecule has 0 unspecified atom stereocenters. The average Bonchev–Trinajstić information content (AvgIpc) is 2.75. The Balaban J connectivity index is 1.64. The maximum absolute atomic E-state index is 13.0. The molecule has 2 aliphatic rings. The average molecular weight is 428 g/mol. The first-order valence-electron chi connectivity index (χ1n) is 9.34. The molecule has 1 N–H and O–H groups in total. The second-order valence-electron chi connectivity index (χ2n) is 6.94. The summed E-state index contributed by atoms with van der Waals surface area (Å²) in [7, 11) is -2.67. The number of carbonyl (C=O) groups excluding carboxylic acids is 2. The van der Waals surface area contributed by atoms with Gasteiger partial charge < -0.3 is 19.6 Å². The summed E-state index contributed by atoms with van der Waals surface area (Å²) in [4.78, 5) is 24.4. The van der Waals surface area contributed by atoms with Crippen LogP contribution in [0.4, 0.5) is 0 Å². The fraction of sp³-hybridized carbons (Fsp3) is 0.238. The molecule has 0 aromatic heterocycles. The Hall–Kier alpha value is -3.33. The van der Waals surface area contributed by atoms with Gasteiger partial charge in [0.25, 0.3) is 15.9 Å². The summed E-state index contributed by atoms with van der Waals surface area (Å²) in [6, 6.07) is 11.4. The second kappa shape index (κ2) is 7.83. The van der Waals surface area contributed by atoms with Crippen molar-refractivity contribution >= 4 is 28.3 Å². The number of amides is 1. The molecule has 8 nitrogen and oxygen atoms in total. The number of benzene rings is 2. The molecule has 0 fully saturated rings. The van der Waals surface area contributed by atoms with E-state index in [1.165, 1.54) is 19.2 Å². The minimum atomic E-state index is -3.97. The van der Waals surface area contributed by atoms with E-state index in [-0.39, 0.29) is 10.6 Å². The van der Waals surface area contributed by atoms with Gasteiger partial charge in [-0.1, -0.05) is 30.3 Å². The van der Waals surface area contributed by atoms with Crippen LogP contribution in [0, 0.1) is 0 Å². The molecule has 9 heteroatoms. The summed E-state index contributed by atoms with van der Waals surface area (Å²) < 4.78 is 37.9. The van der Waals surface area contributed by atoms with E-state index in [0.717, 1.165) is 9.87 Å². The maximum Gasteiger partial charge on any atom is 0.269 e. The number of nitrogens with one attached hydrogen (secondary N) is 1. The summed E-state index contributed by atoms with van der Waals surface area (Å²) in [6.07, 6.45) is 2.40. The van der Waals surface area contributed by atoms with E-state index in [1.807, 2.05) is 30.3 Å². The smallest absolute Gasteiger partial charge is 0.269 e. The largest absolute Gasteiger partial charge is 0.486 e. The fourth-order valence-corrected chi connectivity index (χ4v) is 4.75. The zero-order valence-electron chi connectivity index (χ0n) is 16.2. The predicted molar refractivity (Wildman–Crippen MR) is 108 cm³/mol. The van der Waals surface area contributed by atoms with Gasteiger partial charge in [0, 0.05) is 18.7 Å². The van der Waals surface area contributed by atoms with Crippen molar-refractivity contribution in [2.24, 2.45) is 0 Å². The molecule has 0 aliphatic carbocycles. The summed E-state index contributed by atoms with van der Waals surface area (Å²) in [5.74, 6) is 0.113. The van der Waals surface area contributed by atoms with Gasteiger partial charge in [-0.2, -0.15) is 0 Å². The van der Waals surface area contributed by atoms with Crippen LogP contribution in [-0.4, -0.2) is 51.2 Å². The lowest BCUT2D eigenvalue weighted by Crippen LogP contribution is -2.43. The molecular weight excluding hydrogens is 408 g/mol. The molecule has 2 aromatic rings. The zero-order valence-corrected chi connectivity index (χ0v) is 17.0. The lowest BCUT2D eigenvalue weighted by molar-refractivity contribution is -0.121. The monoisotopic (exact) mass is 428 g/mol. The second-order valence-corrected chi connectivity index (χ2v) is 8.88. The van der Waals surface area contributed by atoms with E-state index in [1.54, 1.807) is 6.07 Å². The molecule has 0 radical (unpaired) electrons. The van der Waals surface area contributed by atoms with Gasteiger partial charge >= 0.3 is 0 Å². The highest BCUT2D eigenvalue weighted by Crippen LogP contribution is 2.39. The first kappa shape index (κ1) is 20.0. The van der Waals surface area contributed by atoms with Gasteiger partial charge in [0.1, 0.15) is 25.2 Å². The van der Waals surface area contributed by atoms with Gasteiger partial charge in [-0.15, -0.1) is 0 Å². The molecule has 2 aliphatic heterocycles. The molecule has 0 bridgehead atoms. The fourth-order valence-electron chi connectivity index (χ4n) is 3.39. The number of hydrogen-bond donors (Lipinski definition) is 1. The summed E-state index contributed by atoms with van der Waals surface area (Å²) in [5, 5.41) is 2.61. The lowest BCUT2D eigenvalue weighted by Gasteiger charge is -2.29. The van der Waals surface area contributed by atoms with Crippen molar-refractivity contribution in [1.82, 2.24) is 9.62 Å². The van der Waals surface area contributed by atoms with Gasteiger partial charge in [-0.25, -0.2) is 8.42 Å². The van der Waals surface area contributed by atoms with Crippen molar-refractivity contribution in [2.45, 2.75) is 17.4 Å². The molecule has 1 atom stereocenters. The Bertz CT molecular complexity index is 1130. The lowest BCUT2D eigenvalue weighted by atomic mass is 10.1. The Labute approximate surface area is 174 Å². The number of fused-ring (bicyclic) bond motifs is 2. The van der Waals surface area contributed by atoms with Crippen LogP contribution in [0.2, 0.25) is 0 Å². The Morgan fingerprint density at radius 1 is 1.17 bits per heavy atom. The topological polar surface area (TPSA) is 102 Å². The Kier molecular flexibility index (Phi) is 5.21. The van der Waals surface area contributed by atoms with Crippen molar-refractivity contribution in [2.75, 3.05) is 20.3 Å². The van der Waals surface area contributed by atoms with Gasteiger partial charge in [-0.05, 0) is 24.1 Å². The van der Waals surface area contributed by atoms with Crippen LogP contribution in [0.5, 0.6) is 11.5 Å². The highest BCUT2D eigenvalue weighted by atomic mass is 32.2. The number of aldehydes is 1. The number of carbonyl (C=O) groups is 2. The molecule has 2 aromatic carbocycles. The van der Waals surface area contributed by atoms with Crippen LogP contribution in [0.15, 0.2) is 53.1 Å². The van der Waals surface area contributed by atoms with E-state index in [4.69, 9.17) is 9.47 Å². The summed E-state index contributed by atoms with van der Waals surface area (Å²) in [5.41, 5.74) is 1.12. The Morgan fingerprint density at radius 2 is 1.83 bits per heavy atom. The third kappa shape index (κ3) is 3.63. The number of hydrogen-bond acceptors (Lipinski definition) is 6. The molecule has 0 spiro atoms. The first-order valence-corrected chi connectivity index (χ1v) is 10.8. The normalized spacial score (nSPS) is 17.4. The van der Waals surface area contributed by atoms with E-state index >= 15 is 0 Å².